The highest BCUT2D eigenvalue weighted by Crippen LogP contribution is 2.09. The van der Waals surface area contributed by atoms with Gasteiger partial charge in [0.2, 0.25) is 0 Å². The predicted molar refractivity (Wildman–Crippen MR) is 63.9 cm³/mol. The van der Waals surface area contributed by atoms with Crippen molar-refractivity contribution in [1.29, 1.82) is 0 Å². The number of rotatable bonds is 5. The number of aliphatic hydroxyl groups is 1. The van der Waals surface area contributed by atoms with Gasteiger partial charge in [-0.2, -0.15) is 0 Å². The van der Waals surface area contributed by atoms with Gasteiger partial charge in [-0.25, -0.2) is 9.97 Å². The molecule has 0 aliphatic rings. The van der Waals surface area contributed by atoms with Crippen LogP contribution in [0.5, 0.6) is 6.01 Å². The zero-order chi connectivity index (χ0) is 12.9. The highest BCUT2D eigenvalue weighted by Gasteiger charge is 2.09. The van der Waals surface area contributed by atoms with Crippen LogP contribution in [-0.2, 0) is 11.3 Å². The van der Waals surface area contributed by atoms with E-state index in [0.717, 1.165) is 5.69 Å². The molecule has 0 aromatic carbocycles. The number of aliphatic hydroxyl groups excluding tert-OH is 1. The molecule has 0 spiro atoms. The van der Waals surface area contributed by atoms with E-state index >= 15 is 0 Å². The summed E-state index contributed by atoms with van der Waals surface area (Å²) in [5.41, 5.74) is 1.28. The van der Waals surface area contributed by atoms with Gasteiger partial charge in [-0.05, 0) is 27.7 Å². The molecule has 0 aliphatic heterocycles. The summed E-state index contributed by atoms with van der Waals surface area (Å²) in [6, 6.07) is 0.317. The lowest BCUT2D eigenvalue weighted by molar-refractivity contribution is -0.0174. The third kappa shape index (κ3) is 5.10. The number of hydrogen-bond donors (Lipinski definition) is 1. The molecule has 0 bridgehead atoms. The number of aromatic nitrogens is 2. The Bertz CT molecular complexity index is 361. The number of aryl methyl sites for hydroxylation is 1. The van der Waals surface area contributed by atoms with E-state index in [-0.39, 0.29) is 12.2 Å². The fraction of sp³-hybridized carbons (Fsp3) is 0.667. The van der Waals surface area contributed by atoms with Crippen LogP contribution in [0.3, 0.4) is 0 Å². The molecule has 0 amide bonds. The first kappa shape index (κ1) is 13.9. The van der Waals surface area contributed by atoms with E-state index in [1.807, 2.05) is 27.7 Å². The molecule has 1 aromatic rings. The SMILES string of the molecule is Cc1nc(OCCOC(C)(C)C)ncc1CO. The van der Waals surface area contributed by atoms with E-state index in [9.17, 15) is 0 Å². The van der Waals surface area contributed by atoms with Gasteiger partial charge in [-0.3, -0.25) is 0 Å². The van der Waals surface area contributed by atoms with E-state index in [1.165, 1.54) is 0 Å². The largest absolute Gasteiger partial charge is 0.461 e. The van der Waals surface area contributed by atoms with Crippen LogP contribution in [0, 0.1) is 6.92 Å². The van der Waals surface area contributed by atoms with Crippen LogP contribution in [0.15, 0.2) is 6.20 Å². The third-order valence-electron chi connectivity index (χ3n) is 2.08. The average molecular weight is 240 g/mol. The standard InChI is InChI=1S/C12H20N2O3/c1-9-10(8-15)7-13-11(14-9)16-5-6-17-12(2,3)4/h7,15H,5-6,8H2,1-4H3. The second-order valence-corrected chi connectivity index (χ2v) is 4.73. The minimum atomic E-state index is -0.166. The molecule has 0 fully saturated rings. The van der Waals surface area contributed by atoms with Crippen molar-refractivity contribution in [2.45, 2.75) is 39.9 Å². The summed E-state index contributed by atoms with van der Waals surface area (Å²) in [5.74, 6) is 0. The Hall–Kier alpha value is -1.20. The molecule has 1 N–H and O–H groups in total. The van der Waals surface area contributed by atoms with Gasteiger partial charge in [0.25, 0.3) is 0 Å². The van der Waals surface area contributed by atoms with Crippen molar-refractivity contribution in [3.05, 3.63) is 17.5 Å². The first-order valence-corrected chi connectivity index (χ1v) is 5.62. The summed E-state index contributed by atoms with van der Waals surface area (Å²) in [6.07, 6.45) is 1.57. The molecule has 0 unspecified atom stereocenters. The van der Waals surface area contributed by atoms with Crippen LogP contribution < -0.4 is 4.74 Å². The third-order valence-corrected chi connectivity index (χ3v) is 2.08. The van der Waals surface area contributed by atoms with Gasteiger partial charge < -0.3 is 14.6 Å². The number of ether oxygens (including phenoxy) is 2. The Labute approximate surface area is 102 Å². The van der Waals surface area contributed by atoms with E-state index in [1.54, 1.807) is 6.20 Å². The normalized spacial score (nSPS) is 11.6. The van der Waals surface area contributed by atoms with Crippen molar-refractivity contribution in [3.63, 3.8) is 0 Å². The van der Waals surface area contributed by atoms with Gasteiger partial charge in [0.05, 0.1) is 24.5 Å². The van der Waals surface area contributed by atoms with Crippen LogP contribution in [0.2, 0.25) is 0 Å². The molecule has 0 radical (unpaired) electrons. The van der Waals surface area contributed by atoms with Gasteiger partial charge in [-0.15, -0.1) is 0 Å². The fourth-order valence-electron chi connectivity index (χ4n) is 1.18. The van der Waals surface area contributed by atoms with E-state index in [2.05, 4.69) is 9.97 Å². The van der Waals surface area contributed by atoms with Gasteiger partial charge in [-0.1, -0.05) is 0 Å². The Balaban J connectivity index is 2.40. The maximum atomic E-state index is 8.97. The smallest absolute Gasteiger partial charge is 0.316 e. The topological polar surface area (TPSA) is 64.5 Å². The molecule has 96 valence electrons. The maximum Gasteiger partial charge on any atom is 0.316 e. The van der Waals surface area contributed by atoms with Gasteiger partial charge in [0, 0.05) is 11.8 Å². The molecule has 0 saturated heterocycles. The quantitative estimate of drug-likeness (QED) is 0.790. The monoisotopic (exact) mass is 240 g/mol. The maximum absolute atomic E-state index is 8.97. The van der Waals surface area contributed by atoms with Crippen molar-refractivity contribution >= 4 is 0 Å². The Morgan fingerprint density at radius 3 is 2.53 bits per heavy atom. The summed E-state index contributed by atoms with van der Waals surface area (Å²) in [7, 11) is 0. The summed E-state index contributed by atoms with van der Waals surface area (Å²) in [6.45, 7) is 8.63. The minimum absolute atomic E-state index is 0.0563. The van der Waals surface area contributed by atoms with Crippen molar-refractivity contribution in [3.8, 4) is 6.01 Å². The second-order valence-electron chi connectivity index (χ2n) is 4.73. The number of hydrogen-bond acceptors (Lipinski definition) is 5. The molecule has 1 heterocycles. The van der Waals surface area contributed by atoms with E-state index in [4.69, 9.17) is 14.6 Å². The zero-order valence-corrected chi connectivity index (χ0v) is 10.9. The highest BCUT2D eigenvalue weighted by molar-refractivity contribution is 5.16. The first-order valence-electron chi connectivity index (χ1n) is 5.62. The summed E-state index contributed by atoms with van der Waals surface area (Å²) in [4.78, 5) is 8.12. The molecule has 17 heavy (non-hydrogen) atoms. The van der Waals surface area contributed by atoms with Crippen LogP contribution in [-0.4, -0.2) is 33.9 Å². The van der Waals surface area contributed by atoms with Gasteiger partial charge in [0.15, 0.2) is 0 Å². The lowest BCUT2D eigenvalue weighted by Gasteiger charge is -2.19. The molecule has 0 aliphatic carbocycles. The lowest BCUT2D eigenvalue weighted by Crippen LogP contribution is -2.22. The van der Waals surface area contributed by atoms with Gasteiger partial charge in [0.1, 0.15) is 6.61 Å². The molecule has 5 heteroatoms. The van der Waals surface area contributed by atoms with Crippen molar-refractivity contribution < 1.29 is 14.6 Å². The molecule has 0 saturated carbocycles. The van der Waals surface area contributed by atoms with Crippen molar-refractivity contribution in [2.75, 3.05) is 13.2 Å². The summed E-state index contributed by atoms with van der Waals surface area (Å²) in [5, 5.41) is 8.97. The van der Waals surface area contributed by atoms with Crippen LogP contribution in [0.4, 0.5) is 0 Å². The second kappa shape index (κ2) is 5.93. The van der Waals surface area contributed by atoms with E-state index in [0.29, 0.717) is 24.8 Å². The van der Waals surface area contributed by atoms with Crippen LogP contribution in [0.25, 0.3) is 0 Å². The average Bonchev–Trinajstić information content (AvgIpc) is 2.23. The Morgan fingerprint density at radius 1 is 1.29 bits per heavy atom. The molecule has 1 aromatic heterocycles. The summed E-state index contributed by atoms with van der Waals surface area (Å²) < 4.78 is 10.9. The molecular weight excluding hydrogens is 220 g/mol. The molecule has 1 rings (SSSR count). The Morgan fingerprint density at radius 2 is 2.00 bits per heavy atom. The fourth-order valence-corrected chi connectivity index (χ4v) is 1.18. The Kier molecular flexibility index (Phi) is 4.84. The van der Waals surface area contributed by atoms with Crippen LogP contribution in [0.1, 0.15) is 32.0 Å². The number of nitrogens with zero attached hydrogens (tertiary/aromatic N) is 2. The van der Waals surface area contributed by atoms with E-state index < -0.39 is 0 Å². The van der Waals surface area contributed by atoms with Crippen LogP contribution >= 0.6 is 0 Å². The summed E-state index contributed by atoms with van der Waals surface area (Å²) >= 11 is 0. The minimum Gasteiger partial charge on any atom is -0.461 e. The first-order chi connectivity index (χ1) is 7.92. The predicted octanol–water partition coefficient (Wildman–Crippen LogP) is 1.47. The van der Waals surface area contributed by atoms with Crippen molar-refractivity contribution in [1.82, 2.24) is 9.97 Å². The van der Waals surface area contributed by atoms with Gasteiger partial charge >= 0.3 is 6.01 Å². The highest BCUT2D eigenvalue weighted by atomic mass is 16.5. The lowest BCUT2D eigenvalue weighted by atomic mass is 10.2. The molecular formula is C12H20N2O3. The molecule has 0 atom stereocenters. The zero-order valence-electron chi connectivity index (χ0n) is 10.9. The van der Waals surface area contributed by atoms with Crippen molar-refractivity contribution in [2.24, 2.45) is 0 Å². The molecule has 5 nitrogen and oxygen atoms in total.